The lowest BCUT2D eigenvalue weighted by atomic mass is 10.1. The molecule has 3 unspecified atom stereocenters. The zero-order valence-electron chi connectivity index (χ0n) is 11.6. The Kier molecular flexibility index (Phi) is 5.75. The number of rotatable bonds is 0. The van der Waals surface area contributed by atoms with E-state index in [1.54, 1.807) is 13.8 Å². The maximum absolute atomic E-state index is 11.8. The third kappa shape index (κ3) is 5.25. The van der Waals surface area contributed by atoms with Crippen molar-refractivity contribution < 1.29 is 14.4 Å². The highest BCUT2D eigenvalue weighted by atomic mass is 16.2. The van der Waals surface area contributed by atoms with E-state index >= 15 is 0 Å². The van der Waals surface area contributed by atoms with E-state index in [0.29, 0.717) is 6.42 Å². The fourth-order valence-electron chi connectivity index (χ4n) is 1.70. The molecule has 0 aromatic carbocycles. The number of nitrogens with one attached hydrogen (secondary N) is 4. The van der Waals surface area contributed by atoms with Gasteiger partial charge in [0.25, 0.3) is 0 Å². The lowest BCUT2D eigenvalue weighted by Gasteiger charge is -2.18. The molecule has 0 aromatic rings. The fraction of sp³-hybridized carbons (Fsp3) is 0.750. The van der Waals surface area contributed by atoms with E-state index in [0.717, 1.165) is 0 Å². The maximum Gasteiger partial charge on any atom is 0.243 e. The van der Waals surface area contributed by atoms with Crippen molar-refractivity contribution in [3.05, 3.63) is 0 Å². The highest BCUT2D eigenvalue weighted by molar-refractivity contribution is 5.87. The van der Waals surface area contributed by atoms with Crippen molar-refractivity contribution in [3.8, 4) is 0 Å². The van der Waals surface area contributed by atoms with E-state index in [1.807, 2.05) is 6.92 Å². The van der Waals surface area contributed by atoms with E-state index in [9.17, 15) is 14.4 Å². The van der Waals surface area contributed by atoms with Crippen LogP contribution >= 0.6 is 0 Å². The lowest BCUT2D eigenvalue weighted by Crippen LogP contribution is -2.50. The molecule has 1 aliphatic rings. The van der Waals surface area contributed by atoms with E-state index < -0.39 is 12.1 Å². The molecule has 3 amide bonds. The molecular weight excluding hydrogens is 248 g/mol. The largest absolute Gasteiger partial charge is 0.352 e. The SMILES string of the molecule is CC1CCC(=O)NC(C)C(=O)NCNC(C)C(=O)N1. The first-order chi connectivity index (χ1) is 8.90. The summed E-state index contributed by atoms with van der Waals surface area (Å²) >= 11 is 0. The third-order valence-corrected chi connectivity index (χ3v) is 3.03. The summed E-state index contributed by atoms with van der Waals surface area (Å²) in [4.78, 5) is 35.0. The number of hydrogen-bond acceptors (Lipinski definition) is 4. The van der Waals surface area contributed by atoms with Crippen LogP contribution in [0.15, 0.2) is 0 Å². The zero-order valence-corrected chi connectivity index (χ0v) is 11.6. The molecule has 0 aliphatic carbocycles. The van der Waals surface area contributed by atoms with Crippen molar-refractivity contribution in [3.63, 3.8) is 0 Å². The third-order valence-electron chi connectivity index (χ3n) is 3.03. The molecule has 19 heavy (non-hydrogen) atoms. The zero-order chi connectivity index (χ0) is 14.4. The minimum absolute atomic E-state index is 0.0813. The average Bonchev–Trinajstić information content (AvgIpc) is 2.35. The maximum atomic E-state index is 11.8. The standard InChI is InChI=1S/C12H22N4O3/c1-7-4-5-10(17)16-9(3)11(18)14-6-13-8(2)12(19)15-7/h7-9,13H,4-6H2,1-3H3,(H,14,18)(H,15,19)(H,16,17). The molecule has 0 bridgehead atoms. The summed E-state index contributed by atoms with van der Waals surface area (Å²) in [6.07, 6.45) is 0.819. The summed E-state index contributed by atoms with van der Waals surface area (Å²) in [5.41, 5.74) is 0. The van der Waals surface area contributed by atoms with Crippen molar-refractivity contribution in [2.24, 2.45) is 0 Å². The van der Waals surface area contributed by atoms with Gasteiger partial charge in [-0.15, -0.1) is 0 Å². The summed E-state index contributed by atoms with van der Waals surface area (Å²) in [5.74, 6) is -0.612. The first-order valence-electron chi connectivity index (χ1n) is 6.51. The number of carbonyl (C=O) groups excluding carboxylic acids is 3. The summed E-state index contributed by atoms with van der Waals surface area (Å²) in [7, 11) is 0. The van der Waals surface area contributed by atoms with Gasteiger partial charge in [0.15, 0.2) is 0 Å². The van der Waals surface area contributed by atoms with Gasteiger partial charge in [0.1, 0.15) is 6.04 Å². The molecule has 4 N–H and O–H groups in total. The van der Waals surface area contributed by atoms with Gasteiger partial charge in [-0.05, 0) is 27.2 Å². The summed E-state index contributed by atoms with van der Waals surface area (Å²) in [6, 6.07) is -1.06. The summed E-state index contributed by atoms with van der Waals surface area (Å²) in [5, 5.41) is 10.9. The molecule has 0 saturated carbocycles. The minimum atomic E-state index is -0.579. The van der Waals surface area contributed by atoms with E-state index in [-0.39, 0.29) is 36.9 Å². The lowest BCUT2D eigenvalue weighted by molar-refractivity contribution is -0.128. The van der Waals surface area contributed by atoms with Crippen molar-refractivity contribution in [1.82, 2.24) is 21.3 Å². The van der Waals surface area contributed by atoms with Crippen LogP contribution in [0.5, 0.6) is 0 Å². The van der Waals surface area contributed by atoms with Crippen LogP contribution in [0.2, 0.25) is 0 Å². The Morgan fingerprint density at radius 1 is 0.947 bits per heavy atom. The average molecular weight is 270 g/mol. The Balaban J connectivity index is 2.67. The monoisotopic (exact) mass is 270 g/mol. The van der Waals surface area contributed by atoms with Crippen LogP contribution in [-0.2, 0) is 14.4 Å². The van der Waals surface area contributed by atoms with Crippen LogP contribution in [0, 0.1) is 0 Å². The molecule has 0 aromatic heterocycles. The number of carbonyl (C=O) groups is 3. The molecule has 0 spiro atoms. The molecule has 1 saturated heterocycles. The molecule has 108 valence electrons. The molecule has 3 atom stereocenters. The molecule has 7 heteroatoms. The van der Waals surface area contributed by atoms with Gasteiger partial charge in [-0.1, -0.05) is 0 Å². The second kappa shape index (κ2) is 7.08. The topological polar surface area (TPSA) is 99.3 Å². The molecule has 1 heterocycles. The Labute approximate surface area is 112 Å². The molecule has 1 fully saturated rings. The van der Waals surface area contributed by atoms with Crippen LogP contribution in [0.25, 0.3) is 0 Å². The Morgan fingerprint density at radius 2 is 1.63 bits per heavy atom. The Bertz CT molecular complexity index is 359. The Morgan fingerprint density at radius 3 is 2.32 bits per heavy atom. The number of hydrogen-bond donors (Lipinski definition) is 4. The van der Waals surface area contributed by atoms with Crippen LogP contribution in [0.4, 0.5) is 0 Å². The fourth-order valence-corrected chi connectivity index (χ4v) is 1.70. The van der Waals surface area contributed by atoms with Gasteiger partial charge in [-0.2, -0.15) is 0 Å². The first-order valence-corrected chi connectivity index (χ1v) is 6.51. The van der Waals surface area contributed by atoms with Crippen LogP contribution in [0.3, 0.4) is 0 Å². The van der Waals surface area contributed by atoms with Gasteiger partial charge in [0.05, 0.1) is 12.7 Å². The van der Waals surface area contributed by atoms with Gasteiger partial charge < -0.3 is 16.0 Å². The molecule has 7 nitrogen and oxygen atoms in total. The van der Waals surface area contributed by atoms with Crippen LogP contribution in [-0.4, -0.2) is 42.5 Å². The van der Waals surface area contributed by atoms with Crippen LogP contribution in [0.1, 0.15) is 33.6 Å². The Hall–Kier alpha value is -1.63. The van der Waals surface area contributed by atoms with E-state index in [1.165, 1.54) is 0 Å². The molecule has 1 aliphatic heterocycles. The van der Waals surface area contributed by atoms with E-state index in [4.69, 9.17) is 0 Å². The first kappa shape index (κ1) is 15.4. The van der Waals surface area contributed by atoms with Gasteiger partial charge >= 0.3 is 0 Å². The van der Waals surface area contributed by atoms with Crippen LogP contribution < -0.4 is 21.3 Å². The van der Waals surface area contributed by atoms with Crippen molar-refractivity contribution in [2.75, 3.05) is 6.67 Å². The predicted octanol–water partition coefficient (Wildman–Crippen LogP) is -1.16. The highest BCUT2D eigenvalue weighted by Crippen LogP contribution is 1.99. The number of amides is 3. The molecule has 0 radical (unpaired) electrons. The second-order valence-electron chi connectivity index (χ2n) is 4.88. The predicted molar refractivity (Wildman–Crippen MR) is 70.1 cm³/mol. The minimum Gasteiger partial charge on any atom is -0.352 e. The van der Waals surface area contributed by atoms with Gasteiger partial charge in [0.2, 0.25) is 17.7 Å². The normalized spacial score (nSPS) is 31.1. The summed E-state index contributed by atoms with van der Waals surface area (Å²) < 4.78 is 0. The van der Waals surface area contributed by atoms with Gasteiger partial charge in [-0.25, -0.2) is 0 Å². The quantitative estimate of drug-likeness (QED) is 0.446. The smallest absolute Gasteiger partial charge is 0.243 e. The van der Waals surface area contributed by atoms with Crippen molar-refractivity contribution >= 4 is 17.7 Å². The van der Waals surface area contributed by atoms with E-state index in [2.05, 4.69) is 21.3 Å². The van der Waals surface area contributed by atoms with Gasteiger partial charge in [0, 0.05) is 12.5 Å². The summed E-state index contributed by atoms with van der Waals surface area (Å²) in [6.45, 7) is 5.39. The van der Waals surface area contributed by atoms with Crippen molar-refractivity contribution in [2.45, 2.75) is 51.7 Å². The van der Waals surface area contributed by atoms with Crippen molar-refractivity contribution in [1.29, 1.82) is 0 Å². The second-order valence-corrected chi connectivity index (χ2v) is 4.88. The highest BCUT2D eigenvalue weighted by Gasteiger charge is 2.19. The van der Waals surface area contributed by atoms with Gasteiger partial charge in [-0.3, -0.25) is 19.7 Å². The molecular formula is C12H22N4O3. The molecule has 1 rings (SSSR count).